The van der Waals surface area contributed by atoms with Crippen LogP contribution in [0, 0.1) is 0 Å². The highest BCUT2D eigenvalue weighted by molar-refractivity contribution is 7.98. The molecule has 0 saturated heterocycles. The number of nitrogens with one attached hydrogen (secondary N) is 1. The van der Waals surface area contributed by atoms with Crippen molar-refractivity contribution in [2.45, 2.75) is 13.0 Å². The number of rotatable bonds is 6. The van der Waals surface area contributed by atoms with E-state index in [1.54, 1.807) is 25.9 Å². The van der Waals surface area contributed by atoms with Gasteiger partial charge in [-0.25, -0.2) is 4.79 Å². The van der Waals surface area contributed by atoms with E-state index < -0.39 is 12.0 Å². The molecule has 1 atom stereocenters. The summed E-state index contributed by atoms with van der Waals surface area (Å²) in [5.41, 5.74) is 11.6. The molecule has 0 aliphatic carbocycles. The Bertz CT molecular complexity index is 393. The molecule has 0 heterocycles. The van der Waals surface area contributed by atoms with E-state index in [0.29, 0.717) is 5.70 Å². The summed E-state index contributed by atoms with van der Waals surface area (Å²) < 4.78 is 3.86. The van der Waals surface area contributed by atoms with E-state index in [1.165, 1.54) is 0 Å². The van der Waals surface area contributed by atoms with Crippen LogP contribution in [0.1, 0.15) is 6.92 Å². The van der Waals surface area contributed by atoms with Crippen molar-refractivity contribution in [3.8, 4) is 0 Å². The number of nitrogens with zero attached hydrogens (tertiary/aromatic N) is 3. The lowest BCUT2D eigenvalue weighted by atomic mass is 10.3. The minimum absolute atomic E-state index is 0.0179. The topological polar surface area (TPSA) is 129 Å². The Kier molecular flexibility index (Phi) is 7.42. The molecule has 0 rings (SSSR count). The van der Waals surface area contributed by atoms with Crippen LogP contribution in [0.2, 0.25) is 0 Å². The fourth-order valence-corrected chi connectivity index (χ4v) is 1.51. The number of guanidine groups is 2. The third kappa shape index (κ3) is 7.92. The molecule has 0 saturated carbocycles. The van der Waals surface area contributed by atoms with Crippen LogP contribution < -0.4 is 16.8 Å². The second-order valence-electron chi connectivity index (χ2n) is 3.93. The third-order valence-corrected chi connectivity index (χ3v) is 2.60. The first-order valence-corrected chi connectivity index (χ1v) is 6.30. The van der Waals surface area contributed by atoms with Crippen molar-refractivity contribution in [3.05, 3.63) is 12.3 Å². The monoisotopic (exact) mass is 288 g/mol. The zero-order valence-corrected chi connectivity index (χ0v) is 12.1. The van der Waals surface area contributed by atoms with Crippen molar-refractivity contribution in [2.75, 3.05) is 19.8 Å². The van der Waals surface area contributed by atoms with Crippen LogP contribution in [-0.2, 0) is 4.79 Å². The Morgan fingerprint density at radius 1 is 1.53 bits per heavy atom. The lowest BCUT2D eigenvalue weighted by Crippen LogP contribution is -2.37. The van der Waals surface area contributed by atoms with Crippen molar-refractivity contribution in [3.63, 3.8) is 0 Å². The maximum Gasteiger partial charge on any atom is 0.327 e. The van der Waals surface area contributed by atoms with Crippen LogP contribution >= 0.6 is 11.9 Å². The van der Waals surface area contributed by atoms with Gasteiger partial charge in [-0.3, -0.25) is 0 Å². The molecule has 8 nitrogen and oxygen atoms in total. The first-order valence-electron chi connectivity index (χ1n) is 5.35. The maximum atomic E-state index is 10.9. The van der Waals surface area contributed by atoms with E-state index in [-0.39, 0.29) is 17.7 Å². The highest BCUT2D eigenvalue weighted by Crippen LogP contribution is 2.06. The van der Waals surface area contributed by atoms with Crippen LogP contribution in [0.15, 0.2) is 21.7 Å². The highest BCUT2D eigenvalue weighted by atomic mass is 32.2. The van der Waals surface area contributed by atoms with Crippen LogP contribution in [0.25, 0.3) is 0 Å². The van der Waals surface area contributed by atoms with Crippen molar-refractivity contribution >= 4 is 29.8 Å². The standard InChI is InChI=1S/C10H20N6O2S/c1-6(2)13-7(8(17)18)5-19-15-9(11)14-10(12)16(3)4/h7,13H,1,5H2,2-4H3,(H,17,18)(H4,11,12,14,15). The molecule has 0 aliphatic heterocycles. The average Bonchev–Trinajstić information content (AvgIpc) is 2.26. The number of aliphatic carboxylic acids is 1. The normalized spacial score (nSPS) is 13.8. The lowest BCUT2D eigenvalue weighted by molar-refractivity contribution is -0.138. The van der Waals surface area contributed by atoms with Gasteiger partial charge in [-0.1, -0.05) is 6.58 Å². The molecule has 0 aromatic rings. The minimum atomic E-state index is -0.986. The van der Waals surface area contributed by atoms with Gasteiger partial charge in [-0.15, -0.1) is 0 Å². The Labute approximate surface area is 116 Å². The van der Waals surface area contributed by atoms with E-state index in [0.717, 1.165) is 11.9 Å². The summed E-state index contributed by atoms with van der Waals surface area (Å²) in [7, 11) is 3.44. The molecule has 0 spiro atoms. The zero-order valence-electron chi connectivity index (χ0n) is 11.3. The summed E-state index contributed by atoms with van der Waals surface area (Å²) in [4.78, 5) is 16.3. The fraction of sp³-hybridized carbons (Fsp3) is 0.500. The summed E-state index contributed by atoms with van der Waals surface area (Å²) in [5.74, 6) is -0.590. The molecule has 0 fully saturated rings. The molecule has 0 aliphatic rings. The lowest BCUT2D eigenvalue weighted by Gasteiger charge is -2.13. The molecular weight excluding hydrogens is 268 g/mol. The van der Waals surface area contributed by atoms with Gasteiger partial charge >= 0.3 is 5.97 Å². The fourth-order valence-electron chi connectivity index (χ4n) is 0.888. The Hall–Kier alpha value is -1.90. The van der Waals surface area contributed by atoms with Crippen LogP contribution in [-0.4, -0.2) is 53.8 Å². The summed E-state index contributed by atoms with van der Waals surface area (Å²) in [5, 5.41) is 11.7. The smallest absolute Gasteiger partial charge is 0.327 e. The average molecular weight is 288 g/mol. The van der Waals surface area contributed by atoms with Crippen molar-refractivity contribution in [1.29, 1.82) is 0 Å². The SMILES string of the molecule is C=C(C)NC(CS/N=C(N)/N=C(\N)N(C)C)C(=O)O. The first kappa shape index (κ1) is 17.1. The number of allylic oxidation sites excluding steroid dienone is 1. The van der Waals surface area contributed by atoms with Gasteiger partial charge in [0.1, 0.15) is 6.04 Å². The molecule has 1 unspecified atom stereocenters. The Morgan fingerprint density at radius 2 is 2.11 bits per heavy atom. The number of carbonyl (C=O) groups is 1. The van der Waals surface area contributed by atoms with Gasteiger partial charge in [0.15, 0.2) is 5.96 Å². The predicted molar refractivity (Wildman–Crippen MR) is 78.8 cm³/mol. The predicted octanol–water partition coefficient (Wildman–Crippen LogP) is -0.598. The van der Waals surface area contributed by atoms with Gasteiger partial charge in [0.2, 0.25) is 5.96 Å². The molecule has 0 aromatic heterocycles. The van der Waals surface area contributed by atoms with E-state index in [9.17, 15) is 4.79 Å². The van der Waals surface area contributed by atoms with Crippen LogP contribution in [0.5, 0.6) is 0 Å². The molecule has 108 valence electrons. The van der Waals surface area contributed by atoms with Crippen molar-refractivity contribution in [2.24, 2.45) is 20.9 Å². The number of nitrogens with two attached hydrogens (primary N) is 2. The minimum Gasteiger partial charge on any atom is -0.480 e. The van der Waals surface area contributed by atoms with Crippen LogP contribution in [0.3, 0.4) is 0 Å². The summed E-state index contributed by atoms with van der Waals surface area (Å²) >= 11 is 0.991. The number of hydrogen-bond acceptors (Lipinski definition) is 4. The number of carboxylic acid groups (broad SMARTS) is 1. The second-order valence-corrected chi connectivity index (χ2v) is 4.70. The summed E-state index contributed by atoms with van der Waals surface area (Å²) in [6, 6.07) is -0.783. The summed E-state index contributed by atoms with van der Waals surface area (Å²) in [6.07, 6.45) is 0. The van der Waals surface area contributed by atoms with Crippen LogP contribution in [0.4, 0.5) is 0 Å². The molecule has 0 aromatic carbocycles. The second kappa shape index (κ2) is 8.25. The molecule has 19 heavy (non-hydrogen) atoms. The number of aliphatic imine (C=N–C) groups is 1. The number of carboxylic acids is 1. The Morgan fingerprint density at radius 3 is 2.53 bits per heavy atom. The molecule has 0 bridgehead atoms. The summed E-state index contributed by atoms with van der Waals surface area (Å²) in [6.45, 7) is 5.27. The van der Waals surface area contributed by atoms with E-state index in [2.05, 4.69) is 21.3 Å². The Balaban J connectivity index is 4.42. The quantitative estimate of drug-likeness (QED) is 0.292. The largest absolute Gasteiger partial charge is 0.480 e. The van der Waals surface area contributed by atoms with Crippen molar-refractivity contribution < 1.29 is 9.90 Å². The zero-order chi connectivity index (χ0) is 15.0. The first-order chi connectivity index (χ1) is 8.73. The molecule has 6 N–H and O–H groups in total. The molecule has 0 radical (unpaired) electrons. The highest BCUT2D eigenvalue weighted by Gasteiger charge is 2.16. The number of hydrogen-bond donors (Lipinski definition) is 4. The van der Waals surface area contributed by atoms with Gasteiger partial charge in [0.25, 0.3) is 0 Å². The third-order valence-electron chi connectivity index (χ3n) is 1.81. The molecular formula is C10H20N6O2S. The van der Waals surface area contributed by atoms with Crippen molar-refractivity contribution in [1.82, 2.24) is 10.2 Å². The van der Waals surface area contributed by atoms with E-state index in [4.69, 9.17) is 16.6 Å². The molecule has 0 amide bonds. The van der Waals surface area contributed by atoms with E-state index >= 15 is 0 Å². The molecule has 9 heteroatoms. The van der Waals surface area contributed by atoms with Gasteiger partial charge in [-0.2, -0.15) is 9.39 Å². The van der Waals surface area contributed by atoms with E-state index in [1.807, 2.05) is 0 Å². The van der Waals surface area contributed by atoms with Gasteiger partial charge in [0.05, 0.1) is 0 Å². The van der Waals surface area contributed by atoms with Gasteiger partial charge in [-0.05, 0) is 18.9 Å². The van der Waals surface area contributed by atoms with Gasteiger partial charge < -0.3 is 26.8 Å². The maximum absolute atomic E-state index is 10.9. The van der Waals surface area contributed by atoms with Gasteiger partial charge in [0, 0.05) is 25.5 Å².